The highest BCUT2D eigenvalue weighted by atomic mass is 19.1. The molecule has 0 bridgehead atoms. The van der Waals surface area contributed by atoms with E-state index in [2.05, 4.69) is 14.5 Å². The van der Waals surface area contributed by atoms with E-state index in [0.717, 1.165) is 18.7 Å². The van der Waals surface area contributed by atoms with Gasteiger partial charge in [0.1, 0.15) is 0 Å². The van der Waals surface area contributed by atoms with Gasteiger partial charge in [0.2, 0.25) is 11.9 Å². The van der Waals surface area contributed by atoms with E-state index in [9.17, 15) is 9.18 Å². The topological polar surface area (TPSA) is 63.5 Å². The quantitative estimate of drug-likeness (QED) is 0.846. The predicted molar refractivity (Wildman–Crippen MR) is 87.9 cm³/mol. The third kappa shape index (κ3) is 3.48. The van der Waals surface area contributed by atoms with Gasteiger partial charge in [-0.3, -0.25) is 9.63 Å². The SMILES string of the molecule is O=C(CC1CN(c2ncc(F)cn2)Cc2cccn2C1)N1CCCO1. The number of fused-ring (bicyclic) bond motifs is 1. The second-order valence-corrected chi connectivity index (χ2v) is 6.49. The molecule has 0 radical (unpaired) electrons. The van der Waals surface area contributed by atoms with Crippen molar-refractivity contribution >= 4 is 11.9 Å². The molecule has 0 aliphatic carbocycles. The Kier molecular flexibility index (Phi) is 4.35. The molecule has 1 amide bonds. The summed E-state index contributed by atoms with van der Waals surface area (Å²) in [6.45, 7) is 3.27. The van der Waals surface area contributed by atoms with E-state index in [1.54, 1.807) is 0 Å². The molecule has 132 valence electrons. The largest absolute Gasteiger partial charge is 0.349 e. The Morgan fingerprint density at radius 3 is 2.92 bits per heavy atom. The van der Waals surface area contributed by atoms with E-state index >= 15 is 0 Å². The number of hydrogen-bond acceptors (Lipinski definition) is 5. The van der Waals surface area contributed by atoms with Gasteiger partial charge in [-0.25, -0.2) is 19.4 Å². The highest BCUT2D eigenvalue weighted by Crippen LogP contribution is 2.23. The first kappa shape index (κ1) is 16.0. The molecule has 7 nitrogen and oxygen atoms in total. The van der Waals surface area contributed by atoms with E-state index in [1.165, 1.54) is 17.5 Å². The number of rotatable bonds is 3. The lowest BCUT2D eigenvalue weighted by atomic mass is 10.0. The first-order valence-electron chi connectivity index (χ1n) is 8.49. The van der Waals surface area contributed by atoms with Gasteiger partial charge in [-0.05, 0) is 18.6 Å². The molecule has 2 aliphatic rings. The van der Waals surface area contributed by atoms with Gasteiger partial charge in [-0.1, -0.05) is 0 Å². The number of amides is 1. The monoisotopic (exact) mass is 345 g/mol. The molecule has 0 N–H and O–H groups in total. The molecule has 0 aromatic carbocycles. The molecule has 4 rings (SSSR count). The fourth-order valence-corrected chi connectivity index (χ4v) is 3.42. The fraction of sp³-hybridized carbons (Fsp3) is 0.471. The predicted octanol–water partition coefficient (Wildman–Crippen LogP) is 1.61. The summed E-state index contributed by atoms with van der Waals surface area (Å²) in [6.07, 6.45) is 5.65. The molecular formula is C17H20FN5O2. The molecule has 2 aromatic heterocycles. The van der Waals surface area contributed by atoms with Crippen molar-refractivity contribution in [2.45, 2.75) is 25.9 Å². The summed E-state index contributed by atoms with van der Waals surface area (Å²) in [6, 6.07) is 4.04. The molecule has 1 unspecified atom stereocenters. The van der Waals surface area contributed by atoms with Crippen molar-refractivity contribution in [3.8, 4) is 0 Å². The van der Waals surface area contributed by atoms with Crippen molar-refractivity contribution < 1.29 is 14.0 Å². The molecule has 8 heteroatoms. The molecule has 0 saturated carbocycles. The van der Waals surface area contributed by atoms with Gasteiger partial charge in [0.25, 0.3) is 0 Å². The second-order valence-electron chi connectivity index (χ2n) is 6.49. The van der Waals surface area contributed by atoms with Gasteiger partial charge in [0, 0.05) is 37.3 Å². The van der Waals surface area contributed by atoms with Crippen LogP contribution in [0.1, 0.15) is 18.5 Å². The van der Waals surface area contributed by atoms with Crippen LogP contribution in [0.5, 0.6) is 0 Å². The average Bonchev–Trinajstić information content (AvgIpc) is 3.25. The Hall–Kier alpha value is -2.48. The van der Waals surface area contributed by atoms with Crippen molar-refractivity contribution in [1.82, 2.24) is 19.6 Å². The lowest BCUT2D eigenvalue weighted by molar-refractivity contribution is -0.169. The Morgan fingerprint density at radius 1 is 1.32 bits per heavy atom. The van der Waals surface area contributed by atoms with Gasteiger partial charge < -0.3 is 9.47 Å². The van der Waals surface area contributed by atoms with Gasteiger partial charge >= 0.3 is 0 Å². The number of nitrogens with zero attached hydrogens (tertiary/aromatic N) is 5. The third-order valence-corrected chi connectivity index (χ3v) is 4.59. The standard InChI is InChI=1S/C17H20FN5O2/c18-14-8-19-17(20-9-14)22-11-13(7-16(24)23-5-2-6-25-23)10-21-4-1-3-15(21)12-22/h1,3-4,8-9,13H,2,5-7,10-12H2. The number of carbonyl (C=O) groups is 1. The van der Waals surface area contributed by atoms with Gasteiger partial charge in [-0.15, -0.1) is 0 Å². The summed E-state index contributed by atoms with van der Waals surface area (Å²) in [4.78, 5) is 28.0. The smallest absolute Gasteiger partial charge is 0.246 e. The minimum atomic E-state index is -0.458. The second kappa shape index (κ2) is 6.79. The maximum absolute atomic E-state index is 13.1. The van der Waals surface area contributed by atoms with Crippen LogP contribution in [0.4, 0.5) is 10.3 Å². The summed E-state index contributed by atoms with van der Waals surface area (Å²) in [5.41, 5.74) is 1.13. The van der Waals surface area contributed by atoms with E-state index in [-0.39, 0.29) is 11.8 Å². The van der Waals surface area contributed by atoms with Gasteiger partial charge in [-0.2, -0.15) is 0 Å². The summed E-state index contributed by atoms with van der Waals surface area (Å²) < 4.78 is 15.3. The zero-order chi connectivity index (χ0) is 17.2. The van der Waals surface area contributed by atoms with Crippen LogP contribution in [-0.4, -0.2) is 45.2 Å². The van der Waals surface area contributed by atoms with E-state index in [4.69, 9.17) is 4.84 Å². The van der Waals surface area contributed by atoms with E-state index in [1.807, 2.05) is 23.2 Å². The normalized spacial score (nSPS) is 20.4. The Balaban J connectivity index is 1.54. The van der Waals surface area contributed by atoms with Crippen molar-refractivity contribution in [1.29, 1.82) is 0 Å². The molecular weight excluding hydrogens is 325 g/mol. The van der Waals surface area contributed by atoms with E-state index in [0.29, 0.717) is 38.6 Å². The van der Waals surface area contributed by atoms with Crippen LogP contribution in [-0.2, 0) is 22.7 Å². The molecule has 25 heavy (non-hydrogen) atoms. The Bertz CT molecular complexity index is 742. The fourth-order valence-electron chi connectivity index (χ4n) is 3.42. The third-order valence-electron chi connectivity index (χ3n) is 4.59. The molecule has 1 atom stereocenters. The zero-order valence-electron chi connectivity index (χ0n) is 13.8. The molecule has 1 saturated heterocycles. The van der Waals surface area contributed by atoms with Crippen molar-refractivity contribution in [3.05, 3.63) is 42.2 Å². The first-order valence-corrected chi connectivity index (χ1v) is 8.49. The highest BCUT2D eigenvalue weighted by Gasteiger charge is 2.28. The molecule has 0 spiro atoms. The molecule has 2 aromatic rings. The summed E-state index contributed by atoms with van der Waals surface area (Å²) in [7, 11) is 0. The maximum Gasteiger partial charge on any atom is 0.246 e. The van der Waals surface area contributed by atoms with Crippen LogP contribution in [0.3, 0.4) is 0 Å². The molecule has 2 aliphatic heterocycles. The van der Waals surface area contributed by atoms with Crippen LogP contribution in [0, 0.1) is 11.7 Å². The average molecular weight is 345 g/mol. The molecule has 4 heterocycles. The summed E-state index contributed by atoms with van der Waals surface area (Å²) in [5.74, 6) is 0.128. The van der Waals surface area contributed by atoms with Crippen LogP contribution in [0.15, 0.2) is 30.7 Å². The van der Waals surface area contributed by atoms with Crippen LogP contribution in [0.2, 0.25) is 0 Å². The van der Waals surface area contributed by atoms with Crippen molar-refractivity contribution in [2.24, 2.45) is 5.92 Å². The van der Waals surface area contributed by atoms with Crippen LogP contribution < -0.4 is 4.90 Å². The van der Waals surface area contributed by atoms with Gasteiger partial charge in [0.05, 0.1) is 32.1 Å². The Labute approximate surface area is 145 Å². The van der Waals surface area contributed by atoms with Crippen molar-refractivity contribution in [3.63, 3.8) is 0 Å². The minimum Gasteiger partial charge on any atom is -0.349 e. The lowest BCUT2D eigenvalue weighted by Crippen LogP contribution is -2.34. The van der Waals surface area contributed by atoms with Crippen molar-refractivity contribution in [2.75, 3.05) is 24.6 Å². The maximum atomic E-state index is 13.1. The van der Waals surface area contributed by atoms with E-state index < -0.39 is 5.82 Å². The van der Waals surface area contributed by atoms with Gasteiger partial charge in [0.15, 0.2) is 5.82 Å². The number of hydrogen-bond donors (Lipinski definition) is 0. The molecule has 1 fully saturated rings. The Morgan fingerprint density at radius 2 is 2.16 bits per heavy atom. The summed E-state index contributed by atoms with van der Waals surface area (Å²) in [5, 5.41) is 1.47. The zero-order valence-corrected chi connectivity index (χ0v) is 13.8. The first-order chi connectivity index (χ1) is 12.2. The number of aromatic nitrogens is 3. The lowest BCUT2D eigenvalue weighted by Gasteiger charge is -2.24. The number of hydroxylamine groups is 2. The van der Waals surface area contributed by atoms with Crippen LogP contribution >= 0.6 is 0 Å². The minimum absolute atomic E-state index is 0.0121. The number of anilines is 1. The summed E-state index contributed by atoms with van der Waals surface area (Å²) >= 11 is 0. The number of carbonyl (C=O) groups excluding carboxylic acids is 1. The number of halogens is 1. The highest BCUT2D eigenvalue weighted by molar-refractivity contribution is 5.75. The van der Waals surface area contributed by atoms with Crippen LogP contribution in [0.25, 0.3) is 0 Å².